The summed E-state index contributed by atoms with van der Waals surface area (Å²) in [7, 11) is 0. The lowest BCUT2D eigenvalue weighted by atomic mass is 10.00. The second-order valence-corrected chi connectivity index (χ2v) is 7.82. The molecule has 0 aliphatic heterocycles. The molecule has 2 aromatic rings. The summed E-state index contributed by atoms with van der Waals surface area (Å²) in [4.78, 5) is 2.78. The van der Waals surface area contributed by atoms with E-state index in [1.54, 1.807) is 0 Å². The molecule has 1 aromatic heterocycles. The Morgan fingerprint density at radius 3 is 2.48 bits per heavy atom. The Morgan fingerprint density at radius 1 is 1.14 bits per heavy atom. The fourth-order valence-corrected chi connectivity index (χ4v) is 4.05. The molecule has 1 nitrogen and oxygen atoms in total. The topological polar surface area (TPSA) is 12.0 Å². The minimum atomic E-state index is 0.405. The van der Waals surface area contributed by atoms with Crippen LogP contribution >= 0.6 is 27.3 Å². The predicted octanol–water partition coefficient (Wildman–Crippen LogP) is 5.72. The molecule has 114 valence electrons. The van der Waals surface area contributed by atoms with Crippen molar-refractivity contribution in [2.24, 2.45) is 0 Å². The highest BCUT2D eigenvalue weighted by Gasteiger charge is 2.15. The van der Waals surface area contributed by atoms with E-state index in [1.165, 1.54) is 30.9 Å². The Morgan fingerprint density at radius 2 is 1.90 bits per heavy atom. The van der Waals surface area contributed by atoms with Crippen LogP contribution in [0, 0.1) is 20.8 Å². The standard InChI is InChI=1S/C18H24BrNS/c1-5-8-20-17(18-11-16(19)14(4)21-18)10-15-7-6-12(2)13(3)9-15/h6-7,9,11,17,20H,5,8,10H2,1-4H3. The van der Waals surface area contributed by atoms with Crippen molar-refractivity contribution in [2.75, 3.05) is 6.54 Å². The van der Waals surface area contributed by atoms with Gasteiger partial charge in [-0.05, 0) is 78.8 Å². The first kappa shape index (κ1) is 16.7. The highest BCUT2D eigenvalue weighted by atomic mass is 79.9. The van der Waals surface area contributed by atoms with Crippen LogP contribution in [0.15, 0.2) is 28.7 Å². The number of nitrogens with one attached hydrogen (secondary N) is 1. The first-order valence-electron chi connectivity index (χ1n) is 7.56. The molecule has 2 rings (SSSR count). The smallest absolute Gasteiger partial charge is 0.0456 e. The molecule has 0 aliphatic rings. The van der Waals surface area contributed by atoms with Crippen molar-refractivity contribution in [1.29, 1.82) is 0 Å². The Labute approximate surface area is 140 Å². The molecule has 0 spiro atoms. The lowest BCUT2D eigenvalue weighted by molar-refractivity contribution is 0.536. The minimum Gasteiger partial charge on any atom is -0.309 e. The van der Waals surface area contributed by atoms with Gasteiger partial charge < -0.3 is 5.32 Å². The van der Waals surface area contributed by atoms with E-state index in [2.05, 4.69) is 73.2 Å². The van der Waals surface area contributed by atoms with E-state index >= 15 is 0 Å². The van der Waals surface area contributed by atoms with Crippen LogP contribution in [0.3, 0.4) is 0 Å². The van der Waals surface area contributed by atoms with Gasteiger partial charge in [-0.3, -0.25) is 0 Å². The van der Waals surface area contributed by atoms with Gasteiger partial charge in [0.25, 0.3) is 0 Å². The van der Waals surface area contributed by atoms with Gasteiger partial charge in [0.2, 0.25) is 0 Å². The van der Waals surface area contributed by atoms with Crippen LogP contribution in [0.2, 0.25) is 0 Å². The summed E-state index contributed by atoms with van der Waals surface area (Å²) in [6.07, 6.45) is 2.21. The Hall–Kier alpha value is -0.640. The molecule has 1 N–H and O–H groups in total. The Balaban J connectivity index is 2.21. The van der Waals surface area contributed by atoms with Gasteiger partial charge in [-0.1, -0.05) is 25.1 Å². The summed E-state index contributed by atoms with van der Waals surface area (Å²) in [5, 5.41) is 3.70. The maximum absolute atomic E-state index is 3.70. The van der Waals surface area contributed by atoms with Crippen molar-refractivity contribution in [1.82, 2.24) is 5.32 Å². The molecule has 1 heterocycles. The number of thiophene rings is 1. The molecule has 1 atom stereocenters. The summed E-state index contributed by atoms with van der Waals surface area (Å²) >= 11 is 5.53. The van der Waals surface area contributed by atoms with Gasteiger partial charge >= 0.3 is 0 Å². The predicted molar refractivity (Wildman–Crippen MR) is 97.4 cm³/mol. The average Bonchev–Trinajstić information content (AvgIpc) is 2.78. The van der Waals surface area contributed by atoms with Crippen molar-refractivity contribution >= 4 is 27.3 Å². The third kappa shape index (κ3) is 4.41. The first-order valence-corrected chi connectivity index (χ1v) is 9.17. The number of aryl methyl sites for hydroxylation is 3. The summed E-state index contributed by atoms with van der Waals surface area (Å²) in [6.45, 7) is 9.82. The van der Waals surface area contributed by atoms with Crippen LogP contribution in [0.5, 0.6) is 0 Å². The van der Waals surface area contributed by atoms with Crippen LogP contribution in [-0.4, -0.2) is 6.54 Å². The summed E-state index contributed by atoms with van der Waals surface area (Å²) < 4.78 is 1.23. The molecule has 0 saturated heterocycles. The number of halogens is 1. The normalized spacial score (nSPS) is 12.6. The van der Waals surface area contributed by atoms with Crippen LogP contribution in [0.4, 0.5) is 0 Å². The molecule has 1 unspecified atom stereocenters. The van der Waals surface area contributed by atoms with Gasteiger partial charge in [0.1, 0.15) is 0 Å². The van der Waals surface area contributed by atoms with E-state index in [0.717, 1.165) is 19.4 Å². The Kier molecular flexibility index (Phi) is 6.03. The minimum absolute atomic E-state index is 0.405. The first-order chi connectivity index (χ1) is 10.0. The molecule has 0 aliphatic carbocycles. The number of hydrogen-bond acceptors (Lipinski definition) is 2. The lowest BCUT2D eigenvalue weighted by Gasteiger charge is -2.18. The molecule has 21 heavy (non-hydrogen) atoms. The molecule has 0 radical (unpaired) electrons. The fraction of sp³-hybridized carbons (Fsp3) is 0.444. The third-order valence-electron chi connectivity index (χ3n) is 3.87. The van der Waals surface area contributed by atoms with E-state index in [0.29, 0.717) is 6.04 Å². The molecule has 3 heteroatoms. The lowest BCUT2D eigenvalue weighted by Crippen LogP contribution is -2.23. The summed E-state index contributed by atoms with van der Waals surface area (Å²) in [5.74, 6) is 0. The van der Waals surface area contributed by atoms with Gasteiger partial charge in [0.15, 0.2) is 0 Å². The second kappa shape index (κ2) is 7.57. The van der Waals surface area contributed by atoms with E-state index in [9.17, 15) is 0 Å². The third-order valence-corrected chi connectivity index (χ3v) is 6.12. The van der Waals surface area contributed by atoms with Crippen LogP contribution in [0.1, 0.15) is 45.8 Å². The largest absolute Gasteiger partial charge is 0.309 e. The van der Waals surface area contributed by atoms with E-state index in [1.807, 2.05) is 11.3 Å². The van der Waals surface area contributed by atoms with Crippen molar-refractivity contribution in [2.45, 2.75) is 46.6 Å². The van der Waals surface area contributed by atoms with Crippen molar-refractivity contribution in [3.63, 3.8) is 0 Å². The van der Waals surface area contributed by atoms with E-state index < -0.39 is 0 Å². The van der Waals surface area contributed by atoms with Crippen LogP contribution in [0.25, 0.3) is 0 Å². The zero-order valence-corrected chi connectivity index (χ0v) is 15.7. The van der Waals surface area contributed by atoms with Crippen molar-refractivity contribution in [3.8, 4) is 0 Å². The zero-order valence-electron chi connectivity index (χ0n) is 13.3. The second-order valence-electron chi connectivity index (χ2n) is 5.68. The highest BCUT2D eigenvalue weighted by molar-refractivity contribution is 9.10. The molecule has 0 saturated carbocycles. The van der Waals surface area contributed by atoms with Gasteiger partial charge in [-0.2, -0.15) is 0 Å². The quantitative estimate of drug-likeness (QED) is 0.690. The number of hydrogen-bond donors (Lipinski definition) is 1. The van der Waals surface area contributed by atoms with E-state index in [4.69, 9.17) is 0 Å². The number of benzene rings is 1. The Bertz CT molecular complexity index is 584. The average molecular weight is 366 g/mol. The maximum Gasteiger partial charge on any atom is 0.0456 e. The SMILES string of the molecule is CCCNC(Cc1ccc(C)c(C)c1)c1cc(Br)c(C)s1. The van der Waals surface area contributed by atoms with Crippen LogP contribution in [-0.2, 0) is 6.42 Å². The molecule has 0 bridgehead atoms. The monoisotopic (exact) mass is 365 g/mol. The van der Waals surface area contributed by atoms with Crippen LogP contribution < -0.4 is 5.32 Å². The van der Waals surface area contributed by atoms with Gasteiger partial charge in [-0.25, -0.2) is 0 Å². The van der Waals surface area contributed by atoms with E-state index in [-0.39, 0.29) is 0 Å². The van der Waals surface area contributed by atoms with Crippen molar-refractivity contribution in [3.05, 3.63) is 55.2 Å². The van der Waals surface area contributed by atoms with Crippen molar-refractivity contribution < 1.29 is 0 Å². The molecule has 0 fully saturated rings. The summed E-state index contributed by atoms with van der Waals surface area (Å²) in [6, 6.07) is 9.50. The molecule has 0 amide bonds. The summed E-state index contributed by atoms with van der Waals surface area (Å²) in [5.41, 5.74) is 4.16. The zero-order chi connectivity index (χ0) is 15.4. The molecular formula is C18H24BrNS. The number of rotatable bonds is 6. The highest BCUT2D eigenvalue weighted by Crippen LogP contribution is 2.32. The molecule has 1 aromatic carbocycles. The van der Waals surface area contributed by atoms with Gasteiger partial charge in [0, 0.05) is 20.3 Å². The van der Waals surface area contributed by atoms with Gasteiger partial charge in [-0.15, -0.1) is 11.3 Å². The molecular weight excluding hydrogens is 342 g/mol. The fourth-order valence-electron chi connectivity index (χ4n) is 2.41. The maximum atomic E-state index is 3.70. The van der Waals surface area contributed by atoms with Gasteiger partial charge in [0.05, 0.1) is 0 Å².